The fourth-order valence-electron chi connectivity index (χ4n) is 1.39. The SMILES string of the molecule is Cc1cc2sc(F)cc2cc1C(=O)O. The highest BCUT2D eigenvalue weighted by Gasteiger charge is 2.10. The van der Waals surface area contributed by atoms with Gasteiger partial charge in [0.2, 0.25) is 0 Å². The quantitative estimate of drug-likeness (QED) is 0.785. The highest BCUT2D eigenvalue weighted by molar-refractivity contribution is 7.17. The topological polar surface area (TPSA) is 37.3 Å². The Kier molecular flexibility index (Phi) is 2.00. The first-order valence-corrected chi connectivity index (χ1v) is 4.82. The summed E-state index contributed by atoms with van der Waals surface area (Å²) >= 11 is 1.03. The summed E-state index contributed by atoms with van der Waals surface area (Å²) in [6.45, 7) is 1.71. The summed E-state index contributed by atoms with van der Waals surface area (Å²) < 4.78 is 13.6. The molecule has 1 N–H and O–H groups in total. The van der Waals surface area contributed by atoms with E-state index in [1.165, 1.54) is 12.1 Å². The Bertz CT molecular complexity index is 516. The number of carboxylic acids is 1. The number of thiophene rings is 1. The van der Waals surface area contributed by atoms with E-state index in [2.05, 4.69) is 0 Å². The average Bonchev–Trinajstić information content (AvgIpc) is 2.42. The van der Waals surface area contributed by atoms with Gasteiger partial charge in [-0.05, 0) is 36.1 Å². The molecule has 0 aliphatic rings. The minimum absolute atomic E-state index is 0.232. The standard InChI is InChI=1S/C10H7FO2S/c1-5-2-8-6(4-9(11)14-8)3-7(5)10(12)13/h2-4H,1H3,(H,12,13). The van der Waals surface area contributed by atoms with Gasteiger partial charge in [0, 0.05) is 4.70 Å². The molecular formula is C10H7FO2S. The highest BCUT2D eigenvalue weighted by atomic mass is 32.1. The van der Waals surface area contributed by atoms with Gasteiger partial charge < -0.3 is 5.11 Å². The van der Waals surface area contributed by atoms with E-state index in [9.17, 15) is 9.18 Å². The predicted molar refractivity (Wildman–Crippen MR) is 53.5 cm³/mol. The molecule has 0 aliphatic heterocycles. The van der Waals surface area contributed by atoms with Gasteiger partial charge >= 0.3 is 5.97 Å². The molecule has 0 amide bonds. The highest BCUT2D eigenvalue weighted by Crippen LogP contribution is 2.27. The van der Waals surface area contributed by atoms with Gasteiger partial charge in [-0.3, -0.25) is 0 Å². The Balaban J connectivity index is 2.76. The summed E-state index contributed by atoms with van der Waals surface area (Å²) in [5.74, 6) is -0.976. The van der Waals surface area contributed by atoms with E-state index in [0.29, 0.717) is 10.9 Å². The summed E-state index contributed by atoms with van der Waals surface area (Å²) in [4.78, 5) is 10.8. The molecule has 0 radical (unpaired) electrons. The maximum Gasteiger partial charge on any atom is 0.335 e. The number of aryl methyl sites for hydroxylation is 1. The van der Waals surface area contributed by atoms with Crippen molar-refractivity contribution in [3.05, 3.63) is 34.5 Å². The van der Waals surface area contributed by atoms with E-state index in [1.807, 2.05) is 0 Å². The van der Waals surface area contributed by atoms with Gasteiger partial charge in [-0.25, -0.2) is 4.79 Å². The number of carboxylic acid groups (broad SMARTS) is 1. The lowest BCUT2D eigenvalue weighted by Crippen LogP contribution is -1.98. The van der Waals surface area contributed by atoms with Crippen molar-refractivity contribution >= 4 is 27.4 Å². The smallest absolute Gasteiger partial charge is 0.335 e. The van der Waals surface area contributed by atoms with Gasteiger partial charge in [0.15, 0.2) is 5.13 Å². The van der Waals surface area contributed by atoms with Crippen LogP contribution in [0.25, 0.3) is 10.1 Å². The van der Waals surface area contributed by atoms with Gasteiger partial charge in [0.25, 0.3) is 0 Å². The van der Waals surface area contributed by atoms with Crippen LogP contribution in [-0.4, -0.2) is 11.1 Å². The van der Waals surface area contributed by atoms with Crippen LogP contribution < -0.4 is 0 Å². The third-order valence-electron chi connectivity index (χ3n) is 2.06. The number of rotatable bonds is 1. The zero-order chi connectivity index (χ0) is 10.3. The van der Waals surface area contributed by atoms with Gasteiger partial charge in [0.1, 0.15) is 0 Å². The largest absolute Gasteiger partial charge is 0.478 e. The minimum Gasteiger partial charge on any atom is -0.478 e. The maximum absolute atomic E-state index is 12.9. The lowest BCUT2D eigenvalue weighted by atomic mass is 10.1. The third-order valence-corrected chi connectivity index (χ3v) is 2.95. The van der Waals surface area contributed by atoms with E-state index >= 15 is 0 Å². The number of hydrogen-bond acceptors (Lipinski definition) is 2. The molecule has 2 nitrogen and oxygen atoms in total. The van der Waals surface area contributed by atoms with E-state index in [1.54, 1.807) is 13.0 Å². The van der Waals surface area contributed by atoms with Crippen molar-refractivity contribution in [1.29, 1.82) is 0 Å². The summed E-state index contributed by atoms with van der Waals surface area (Å²) in [6.07, 6.45) is 0. The maximum atomic E-state index is 12.9. The first kappa shape index (κ1) is 9.15. The molecule has 0 saturated carbocycles. The van der Waals surface area contributed by atoms with E-state index < -0.39 is 5.97 Å². The minimum atomic E-state index is -0.976. The van der Waals surface area contributed by atoms with Gasteiger partial charge in [-0.15, -0.1) is 11.3 Å². The molecule has 4 heteroatoms. The van der Waals surface area contributed by atoms with Crippen molar-refractivity contribution in [3.8, 4) is 0 Å². The summed E-state index contributed by atoms with van der Waals surface area (Å²) in [5.41, 5.74) is 0.891. The van der Waals surface area contributed by atoms with Crippen LogP contribution in [-0.2, 0) is 0 Å². The molecule has 72 valence electrons. The number of fused-ring (bicyclic) bond motifs is 1. The predicted octanol–water partition coefficient (Wildman–Crippen LogP) is 3.05. The van der Waals surface area contributed by atoms with E-state index in [-0.39, 0.29) is 10.7 Å². The molecule has 1 aromatic heterocycles. The van der Waals surface area contributed by atoms with Crippen molar-refractivity contribution in [1.82, 2.24) is 0 Å². The first-order chi connectivity index (χ1) is 6.58. The molecular weight excluding hydrogens is 203 g/mol. The Hall–Kier alpha value is -1.42. The van der Waals surface area contributed by atoms with Crippen LogP contribution in [0.15, 0.2) is 18.2 Å². The van der Waals surface area contributed by atoms with Crippen molar-refractivity contribution in [2.24, 2.45) is 0 Å². The zero-order valence-electron chi connectivity index (χ0n) is 7.37. The number of hydrogen-bond donors (Lipinski definition) is 1. The molecule has 0 saturated heterocycles. The van der Waals surface area contributed by atoms with E-state index in [0.717, 1.165) is 16.0 Å². The average molecular weight is 210 g/mol. The zero-order valence-corrected chi connectivity index (χ0v) is 8.19. The molecule has 0 unspecified atom stereocenters. The second kappa shape index (κ2) is 3.06. The van der Waals surface area contributed by atoms with Gasteiger partial charge in [-0.1, -0.05) is 0 Å². The molecule has 1 aromatic carbocycles. The second-order valence-electron chi connectivity index (χ2n) is 3.06. The fourth-order valence-corrected chi connectivity index (χ4v) is 2.25. The number of benzene rings is 1. The normalized spacial score (nSPS) is 10.7. The van der Waals surface area contributed by atoms with Crippen LogP contribution in [0, 0.1) is 12.1 Å². The molecule has 0 atom stereocenters. The third kappa shape index (κ3) is 1.37. The first-order valence-electron chi connectivity index (χ1n) is 4.01. The van der Waals surface area contributed by atoms with Crippen molar-refractivity contribution in [2.45, 2.75) is 6.92 Å². The van der Waals surface area contributed by atoms with Crippen LogP contribution in [0.3, 0.4) is 0 Å². The van der Waals surface area contributed by atoms with Crippen LogP contribution in [0.5, 0.6) is 0 Å². The lowest BCUT2D eigenvalue weighted by molar-refractivity contribution is 0.0696. The Morgan fingerprint density at radius 3 is 2.79 bits per heavy atom. The Morgan fingerprint density at radius 1 is 1.43 bits per heavy atom. The molecule has 0 spiro atoms. The molecule has 1 heterocycles. The van der Waals surface area contributed by atoms with Crippen LogP contribution >= 0.6 is 11.3 Å². The number of aromatic carboxylic acids is 1. The van der Waals surface area contributed by atoms with Gasteiger partial charge in [0.05, 0.1) is 5.56 Å². The summed E-state index contributed by atoms with van der Waals surface area (Å²) in [5, 5.41) is 9.20. The molecule has 0 bridgehead atoms. The van der Waals surface area contributed by atoms with Crippen LogP contribution in [0.4, 0.5) is 4.39 Å². The molecule has 2 rings (SSSR count). The molecule has 2 aromatic rings. The molecule has 0 fully saturated rings. The van der Waals surface area contributed by atoms with E-state index in [4.69, 9.17) is 5.11 Å². The molecule has 14 heavy (non-hydrogen) atoms. The monoisotopic (exact) mass is 210 g/mol. The number of halogens is 1. The molecule has 0 aliphatic carbocycles. The van der Waals surface area contributed by atoms with Crippen molar-refractivity contribution in [3.63, 3.8) is 0 Å². The van der Waals surface area contributed by atoms with Crippen LogP contribution in [0.1, 0.15) is 15.9 Å². The Morgan fingerprint density at radius 2 is 2.14 bits per heavy atom. The summed E-state index contributed by atoms with van der Waals surface area (Å²) in [7, 11) is 0. The van der Waals surface area contributed by atoms with Gasteiger partial charge in [-0.2, -0.15) is 4.39 Å². The van der Waals surface area contributed by atoms with Crippen LogP contribution in [0.2, 0.25) is 0 Å². The Labute approximate surface area is 83.6 Å². The number of carbonyl (C=O) groups is 1. The van der Waals surface area contributed by atoms with Crippen molar-refractivity contribution in [2.75, 3.05) is 0 Å². The van der Waals surface area contributed by atoms with Crippen molar-refractivity contribution < 1.29 is 14.3 Å². The fraction of sp³-hybridized carbons (Fsp3) is 0.100. The second-order valence-corrected chi connectivity index (χ2v) is 4.09. The lowest BCUT2D eigenvalue weighted by Gasteiger charge is -1.99. The summed E-state index contributed by atoms with van der Waals surface area (Å²) in [6, 6.07) is 4.56.